The van der Waals surface area contributed by atoms with Crippen LogP contribution in [0.15, 0.2) is 0 Å². The minimum absolute atomic E-state index is 0.242. The van der Waals surface area contributed by atoms with Gasteiger partial charge in [-0.2, -0.15) is 0 Å². The minimum atomic E-state index is -2.82. The molecule has 1 fully saturated rings. The number of likely N-dealkylation sites (tertiary alicyclic amines) is 1. The predicted molar refractivity (Wildman–Crippen MR) is 51.4 cm³/mol. The van der Waals surface area contributed by atoms with Crippen molar-refractivity contribution >= 4 is 9.84 Å². The highest BCUT2D eigenvalue weighted by molar-refractivity contribution is 7.90. The molecule has 1 rings (SSSR count). The van der Waals surface area contributed by atoms with Crippen LogP contribution in [0.3, 0.4) is 0 Å². The molecule has 4 nitrogen and oxygen atoms in total. The molecule has 0 aromatic heterocycles. The van der Waals surface area contributed by atoms with Gasteiger partial charge >= 0.3 is 0 Å². The smallest absolute Gasteiger partial charge is 0.147 e. The third kappa shape index (κ3) is 4.06. The number of hydrogen-bond acceptors (Lipinski definition) is 4. The van der Waals surface area contributed by atoms with Crippen molar-refractivity contribution in [3.8, 4) is 0 Å². The Kier molecular flexibility index (Phi) is 2.99. The summed E-state index contributed by atoms with van der Waals surface area (Å²) in [5.41, 5.74) is -0.551. The van der Waals surface area contributed by atoms with Gasteiger partial charge in [0.25, 0.3) is 0 Å². The van der Waals surface area contributed by atoms with Gasteiger partial charge < -0.3 is 5.11 Å². The summed E-state index contributed by atoms with van der Waals surface area (Å²) < 4.78 is 21.6. The molecule has 78 valence electrons. The van der Waals surface area contributed by atoms with Crippen molar-refractivity contribution < 1.29 is 13.5 Å². The zero-order valence-electron chi connectivity index (χ0n) is 8.15. The largest absolute Gasteiger partial charge is 0.388 e. The topological polar surface area (TPSA) is 57.6 Å². The number of hydrogen-bond donors (Lipinski definition) is 1. The molecule has 0 aliphatic carbocycles. The Hall–Kier alpha value is -0.130. The highest BCUT2D eigenvalue weighted by Gasteiger charge is 2.35. The summed E-state index contributed by atoms with van der Waals surface area (Å²) in [6.07, 6.45) is 1.91. The van der Waals surface area contributed by atoms with Crippen LogP contribution in [-0.2, 0) is 9.84 Å². The van der Waals surface area contributed by atoms with Crippen molar-refractivity contribution in [1.82, 2.24) is 4.90 Å². The van der Waals surface area contributed by atoms with Gasteiger partial charge in [-0.15, -0.1) is 0 Å². The first-order chi connectivity index (χ1) is 5.79. The van der Waals surface area contributed by atoms with E-state index in [1.165, 1.54) is 6.26 Å². The molecular weight excluding hydrogens is 190 g/mol. The standard InChI is InChI=1S/C8H17NO3S/c1-8(10)6-9(7-8)4-3-5-13(2,11)12/h10H,3-7H2,1-2H3. The summed E-state index contributed by atoms with van der Waals surface area (Å²) in [4.78, 5) is 2.06. The van der Waals surface area contributed by atoms with Crippen LogP contribution < -0.4 is 0 Å². The van der Waals surface area contributed by atoms with Crippen molar-refractivity contribution in [3.63, 3.8) is 0 Å². The van der Waals surface area contributed by atoms with E-state index in [1.807, 2.05) is 0 Å². The van der Waals surface area contributed by atoms with Crippen molar-refractivity contribution in [1.29, 1.82) is 0 Å². The number of nitrogens with zero attached hydrogens (tertiary/aromatic N) is 1. The zero-order chi connectivity index (χ0) is 10.1. The molecule has 0 spiro atoms. The molecular formula is C8H17NO3S. The van der Waals surface area contributed by atoms with Gasteiger partial charge in [-0.3, -0.25) is 4.90 Å². The maximum Gasteiger partial charge on any atom is 0.147 e. The molecule has 1 saturated heterocycles. The van der Waals surface area contributed by atoms with E-state index < -0.39 is 15.4 Å². The molecule has 0 amide bonds. The third-order valence-corrected chi connectivity index (χ3v) is 3.15. The van der Waals surface area contributed by atoms with Gasteiger partial charge in [0.05, 0.1) is 11.4 Å². The summed E-state index contributed by atoms with van der Waals surface area (Å²) in [5.74, 6) is 0.242. The second-order valence-corrected chi connectivity index (χ2v) is 6.45. The quantitative estimate of drug-likeness (QED) is 0.674. The minimum Gasteiger partial charge on any atom is -0.388 e. The molecule has 0 aromatic carbocycles. The lowest BCUT2D eigenvalue weighted by molar-refractivity contribution is -0.0826. The molecule has 0 bridgehead atoms. The third-order valence-electron chi connectivity index (χ3n) is 2.12. The van der Waals surface area contributed by atoms with E-state index in [0.717, 1.165) is 6.54 Å². The van der Waals surface area contributed by atoms with E-state index in [2.05, 4.69) is 4.90 Å². The normalized spacial score (nSPS) is 22.7. The highest BCUT2D eigenvalue weighted by atomic mass is 32.2. The van der Waals surface area contributed by atoms with Crippen LogP contribution in [0.4, 0.5) is 0 Å². The highest BCUT2D eigenvalue weighted by Crippen LogP contribution is 2.19. The van der Waals surface area contributed by atoms with E-state index in [4.69, 9.17) is 0 Å². The summed E-state index contributed by atoms with van der Waals surface area (Å²) >= 11 is 0. The van der Waals surface area contributed by atoms with Gasteiger partial charge in [-0.25, -0.2) is 8.42 Å². The number of rotatable bonds is 4. The van der Waals surface area contributed by atoms with Crippen LogP contribution in [0.25, 0.3) is 0 Å². The van der Waals surface area contributed by atoms with Gasteiger partial charge in [0.15, 0.2) is 0 Å². The lowest BCUT2D eigenvalue weighted by atomic mass is 9.97. The second kappa shape index (κ2) is 3.55. The van der Waals surface area contributed by atoms with Gasteiger partial charge in [0.1, 0.15) is 9.84 Å². The summed E-state index contributed by atoms with van der Waals surface area (Å²) in [6, 6.07) is 0. The SMILES string of the molecule is CC1(O)CN(CCCS(C)(=O)=O)C1. The average Bonchev–Trinajstić information content (AvgIpc) is 1.79. The van der Waals surface area contributed by atoms with E-state index in [0.29, 0.717) is 19.5 Å². The summed E-state index contributed by atoms with van der Waals surface area (Å²) in [6.45, 7) is 3.89. The van der Waals surface area contributed by atoms with Gasteiger partial charge in [0, 0.05) is 19.3 Å². The van der Waals surface area contributed by atoms with Gasteiger partial charge in [-0.1, -0.05) is 0 Å². The number of aliphatic hydroxyl groups is 1. The lowest BCUT2D eigenvalue weighted by Gasteiger charge is -2.44. The summed E-state index contributed by atoms with van der Waals surface area (Å²) in [5, 5.41) is 9.38. The van der Waals surface area contributed by atoms with Crippen LogP contribution in [0.2, 0.25) is 0 Å². The Bertz CT molecular complexity index is 263. The molecule has 1 aliphatic heterocycles. The Morgan fingerprint density at radius 1 is 1.46 bits per heavy atom. The van der Waals surface area contributed by atoms with Crippen molar-refractivity contribution in [2.24, 2.45) is 0 Å². The monoisotopic (exact) mass is 207 g/mol. The van der Waals surface area contributed by atoms with Crippen molar-refractivity contribution in [2.45, 2.75) is 18.9 Å². The zero-order valence-corrected chi connectivity index (χ0v) is 8.97. The molecule has 1 aliphatic rings. The Morgan fingerprint density at radius 2 is 2.00 bits per heavy atom. The second-order valence-electron chi connectivity index (χ2n) is 4.19. The molecule has 0 atom stereocenters. The first-order valence-corrected chi connectivity index (χ1v) is 6.47. The Balaban J connectivity index is 2.10. The van der Waals surface area contributed by atoms with Crippen LogP contribution in [-0.4, -0.2) is 55.7 Å². The molecule has 1 N–H and O–H groups in total. The Labute approximate surface area is 79.5 Å². The Morgan fingerprint density at radius 3 is 2.38 bits per heavy atom. The fourth-order valence-corrected chi connectivity index (χ4v) is 2.28. The molecule has 1 heterocycles. The van der Waals surface area contributed by atoms with Crippen LogP contribution in [0, 0.1) is 0 Å². The predicted octanol–water partition coefficient (Wildman–Crippen LogP) is -0.512. The lowest BCUT2D eigenvalue weighted by Crippen LogP contribution is -2.59. The van der Waals surface area contributed by atoms with Crippen molar-refractivity contribution in [3.05, 3.63) is 0 Å². The van der Waals surface area contributed by atoms with Gasteiger partial charge in [-0.05, 0) is 19.9 Å². The molecule has 0 unspecified atom stereocenters. The molecule has 0 radical (unpaired) electrons. The number of β-amino-alcohol motifs (C(OH)–C–C–N with tert-alkyl or cyclic N) is 1. The molecule has 5 heteroatoms. The molecule has 13 heavy (non-hydrogen) atoms. The van der Waals surface area contributed by atoms with E-state index in [-0.39, 0.29) is 5.75 Å². The van der Waals surface area contributed by atoms with Crippen LogP contribution in [0.5, 0.6) is 0 Å². The van der Waals surface area contributed by atoms with Crippen molar-refractivity contribution in [2.75, 3.05) is 31.6 Å². The fraction of sp³-hybridized carbons (Fsp3) is 1.00. The molecule has 0 saturated carbocycles. The van der Waals surface area contributed by atoms with E-state index >= 15 is 0 Å². The maximum absolute atomic E-state index is 10.8. The number of sulfone groups is 1. The van der Waals surface area contributed by atoms with Gasteiger partial charge in [0.2, 0.25) is 0 Å². The van der Waals surface area contributed by atoms with E-state index in [9.17, 15) is 13.5 Å². The fourth-order valence-electron chi connectivity index (χ4n) is 1.63. The first-order valence-electron chi connectivity index (χ1n) is 4.41. The average molecular weight is 207 g/mol. The van der Waals surface area contributed by atoms with Crippen LogP contribution >= 0.6 is 0 Å². The maximum atomic E-state index is 10.8. The first kappa shape index (κ1) is 10.9. The molecule has 0 aromatic rings. The summed E-state index contributed by atoms with van der Waals surface area (Å²) in [7, 11) is -2.82. The van der Waals surface area contributed by atoms with E-state index in [1.54, 1.807) is 6.92 Å². The van der Waals surface area contributed by atoms with Crippen LogP contribution in [0.1, 0.15) is 13.3 Å².